The molecule has 11 heteroatoms. The van der Waals surface area contributed by atoms with Crippen LogP contribution in [0.5, 0.6) is 0 Å². The number of carbonyl (C=O) groups is 2. The van der Waals surface area contributed by atoms with Crippen LogP contribution in [-0.4, -0.2) is 52.8 Å². The molecule has 2 amide bonds. The van der Waals surface area contributed by atoms with E-state index in [0.717, 1.165) is 5.46 Å². The fourth-order valence-corrected chi connectivity index (χ4v) is 3.72. The number of fused-ring (bicyclic) bond motifs is 1. The predicted octanol–water partition coefficient (Wildman–Crippen LogP) is -4.67. The molecule has 2 aromatic rings. The van der Waals surface area contributed by atoms with Crippen molar-refractivity contribution in [2.24, 2.45) is 0 Å². The Labute approximate surface area is 148 Å². The third kappa shape index (κ3) is 2.33. The van der Waals surface area contributed by atoms with Gasteiger partial charge in [0.25, 0.3) is 5.56 Å². The van der Waals surface area contributed by atoms with Gasteiger partial charge >= 0.3 is 0 Å². The summed E-state index contributed by atoms with van der Waals surface area (Å²) >= 11 is 0. The molecule has 1 fully saturated rings. The summed E-state index contributed by atoms with van der Waals surface area (Å²) in [5.41, 5.74) is 6.21. The van der Waals surface area contributed by atoms with E-state index in [1.54, 1.807) is 42.6 Å². The van der Waals surface area contributed by atoms with Gasteiger partial charge < -0.3 is 5.73 Å². The number of hydrogen-bond donors (Lipinski definition) is 2. The van der Waals surface area contributed by atoms with Gasteiger partial charge in [-0.15, -0.1) is 0 Å². The van der Waals surface area contributed by atoms with E-state index in [1.807, 2.05) is 7.85 Å². The molecule has 1 saturated heterocycles. The summed E-state index contributed by atoms with van der Waals surface area (Å²) in [7, 11) is 7.10. The molecule has 3 atom stereocenters. The maximum Gasteiger partial charge on any atom is 0.263 e. The second kappa shape index (κ2) is 5.54. The predicted molar refractivity (Wildman–Crippen MR) is 108 cm³/mol. The van der Waals surface area contributed by atoms with E-state index in [9.17, 15) is 14.4 Å². The Morgan fingerprint density at radius 1 is 1.28 bits per heavy atom. The van der Waals surface area contributed by atoms with Gasteiger partial charge in [-0.25, -0.2) is 4.98 Å². The zero-order valence-corrected chi connectivity index (χ0v) is 15.0. The minimum Gasteiger partial charge on any atom is -0.398 e. The molecule has 0 spiro atoms. The summed E-state index contributed by atoms with van der Waals surface area (Å²) in [5.74, 6) is -1.21. The van der Waals surface area contributed by atoms with Gasteiger partial charge in [-0.05, 0) is 24.9 Å². The average Bonchev–Trinajstić information content (AvgIpc) is 2.50. The largest absolute Gasteiger partial charge is 0.398 e. The van der Waals surface area contributed by atoms with Crippen LogP contribution in [0.2, 0.25) is 11.6 Å². The van der Waals surface area contributed by atoms with E-state index in [4.69, 9.17) is 5.73 Å². The van der Waals surface area contributed by atoms with E-state index in [1.165, 1.54) is 4.57 Å². The van der Waals surface area contributed by atoms with E-state index in [0.29, 0.717) is 22.4 Å². The first-order valence-electron chi connectivity index (χ1n) is 8.24. The lowest BCUT2D eigenvalue weighted by Gasteiger charge is -2.43. The summed E-state index contributed by atoms with van der Waals surface area (Å²) in [6.45, 7) is 1.69. The standard InChI is InChI=1S/C14H18B4N4O3/c1-4-20-7-3-5(15)2-6(19)8(7)12(24)22(4)14(18)10(17)9(16)11(23)21-13(14)25/h2-3,9-10H,15-19H2,1H3,(H,21,23,25). The van der Waals surface area contributed by atoms with Crippen LogP contribution in [-0.2, 0) is 15.0 Å². The Hall–Kier alpha value is -2.44. The van der Waals surface area contributed by atoms with E-state index >= 15 is 0 Å². The van der Waals surface area contributed by atoms with Gasteiger partial charge in [-0.2, -0.15) is 0 Å². The molecule has 0 saturated carbocycles. The van der Waals surface area contributed by atoms with E-state index in [-0.39, 0.29) is 17.3 Å². The smallest absolute Gasteiger partial charge is 0.263 e. The molecule has 25 heavy (non-hydrogen) atoms. The molecule has 3 rings (SSSR count). The van der Waals surface area contributed by atoms with Crippen LogP contribution in [0.3, 0.4) is 0 Å². The monoisotopic (exact) mass is 334 g/mol. The quantitative estimate of drug-likeness (QED) is 0.310. The van der Waals surface area contributed by atoms with Crippen molar-refractivity contribution in [3.05, 3.63) is 28.3 Å². The molecule has 2 heterocycles. The average molecular weight is 334 g/mol. The molecular weight excluding hydrogens is 315 g/mol. The lowest BCUT2D eigenvalue weighted by atomic mass is 9.49. The molecule has 3 unspecified atom stereocenters. The molecule has 1 aromatic heterocycles. The van der Waals surface area contributed by atoms with Crippen molar-refractivity contribution in [3.63, 3.8) is 0 Å². The van der Waals surface area contributed by atoms with Gasteiger partial charge in [-0.1, -0.05) is 5.46 Å². The highest BCUT2D eigenvalue weighted by Crippen LogP contribution is 2.38. The van der Waals surface area contributed by atoms with Crippen LogP contribution in [0.15, 0.2) is 16.9 Å². The van der Waals surface area contributed by atoms with Crippen molar-refractivity contribution in [1.29, 1.82) is 0 Å². The molecule has 7 nitrogen and oxygen atoms in total. The SMILES string of the molecule is Bc1cc(N)c2c(=O)n(C3(B)C(=O)NC(=O)C(B)C3B)c(C)nc2c1. The molecule has 0 radical (unpaired) electrons. The highest BCUT2D eigenvalue weighted by atomic mass is 16.2. The third-order valence-electron chi connectivity index (χ3n) is 5.53. The molecule has 1 aromatic carbocycles. The lowest BCUT2D eigenvalue weighted by molar-refractivity contribution is -0.137. The number of imide groups is 1. The fraction of sp³-hybridized carbons (Fsp3) is 0.286. The maximum absolute atomic E-state index is 13.2. The number of amides is 2. The third-order valence-corrected chi connectivity index (χ3v) is 5.53. The number of benzene rings is 1. The number of nitrogen functional groups attached to an aromatic ring is 1. The zero-order valence-electron chi connectivity index (χ0n) is 15.0. The summed E-state index contributed by atoms with van der Waals surface area (Å²) in [5, 5.41) is 2.67. The van der Waals surface area contributed by atoms with Gasteiger partial charge in [0.2, 0.25) is 11.8 Å². The molecular formula is C14H18B4N4O3. The summed E-state index contributed by atoms with van der Waals surface area (Å²) < 4.78 is 1.38. The van der Waals surface area contributed by atoms with Crippen molar-refractivity contribution < 1.29 is 9.59 Å². The highest BCUT2D eigenvalue weighted by molar-refractivity contribution is 6.41. The Morgan fingerprint density at radius 2 is 1.92 bits per heavy atom. The minimum atomic E-state index is -1.23. The van der Waals surface area contributed by atoms with Crippen molar-refractivity contribution in [2.75, 3.05) is 5.73 Å². The second-order valence-corrected chi connectivity index (χ2v) is 7.09. The lowest BCUT2D eigenvalue weighted by Crippen LogP contribution is -2.63. The first-order chi connectivity index (χ1) is 11.6. The van der Waals surface area contributed by atoms with Crippen LogP contribution in [0, 0.1) is 6.92 Å². The van der Waals surface area contributed by atoms with E-state index in [2.05, 4.69) is 10.3 Å². The number of aryl methyl sites for hydroxylation is 1. The first kappa shape index (κ1) is 17.4. The fourth-order valence-electron chi connectivity index (χ4n) is 3.72. The van der Waals surface area contributed by atoms with Crippen LogP contribution >= 0.6 is 0 Å². The van der Waals surface area contributed by atoms with Crippen LogP contribution in [0.25, 0.3) is 10.9 Å². The highest BCUT2D eigenvalue weighted by Gasteiger charge is 2.50. The van der Waals surface area contributed by atoms with Gasteiger partial charge in [0.05, 0.1) is 16.3 Å². The Bertz CT molecular complexity index is 992. The normalized spacial score (nSPS) is 26.6. The number of rotatable bonds is 1. The Balaban J connectivity index is 2.37. The molecule has 0 bridgehead atoms. The Morgan fingerprint density at radius 3 is 2.56 bits per heavy atom. The molecule has 3 N–H and O–H groups in total. The summed E-state index contributed by atoms with van der Waals surface area (Å²) in [4.78, 5) is 42.4. The number of piperidine rings is 1. The molecule has 124 valence electrons. The summed E-state index contributed by atoms with van der Waals surface area (Å²) in [6, 6.07) is 3.51. The zero-order chi connectivity index (χ0) is 18.7. The van der Waals surface area contributed by atoms with Crippen LogP contribution in [0.1, 0.15) is 5.82 Å². The van der Waals surface area contributed by atoms with Gasteiger partial charge in [0, 0.05) is 11.5 Å². The van der Waals surface area contributed by atoms with Gasteiger partial charge in [0.15, 0.2) is 0 Å². The maximum atomic E-state index is 13.2. The van der Waals surface area contributed by atoms with Crippen molar-refractivity contribution >= 4 is 65.3 Å². The number of nitrogens with zero attached hydrogens (tertiary/aromatic N) is 2. The van der Waals surface area contributed by atoms with Gasteiger partial charge in [-0.3, -0.25) is 24.3 Å². The minimum absolute atomic E-state index is 0.293. The first-order valence-corrected chi connectivity index (χ1v) is 8.24. The van der Waals surface area contributed by atoms with E-state index < -0.39 is 17.2 Å². The number of hydrogen-bond acceptors (Lipinski definition) is 5. The van der Waals surface area contributed by atoms with Crippen molar-refractivity contribution in [1.82, 2.24) is 14.9 Å². The Kier molecular flexibility index (Phi) is 3.85. The van der Waals surface area contributed by atoms with Crippen molar-refractivity contribution in [2.45, 2.75) is 24.0 Å². The number of anilines is 1. The second-order valence-electron chi connectivity index (χ2n) is 7.09. The molecule has 1 aliphatic heterocycles. The molecule has 0 aliphatic carbocycles. The topological polar surface area (TPSA) is 107 Å². The number of carbonyl (C=O) groups excluding carboxylic acids is 2. The van der Waals surface area contributed by atoms with Crippen LogP contribution in [0.4, 0.5) is 5.69 Å². The number of aromatic nitrogens is 2. The number of nitrogens with two attached hydrogens (primary N) is 1. The van der Waals surface area contributed by atoms with Gasteiger partial charge in [0.1, 0.15) is 37.2 Å². The summed E-state index contributed by atoms with van der Waals surface area (Å²) in [6.07, 6.45) is 0. The van der Waals surface area contributed by atoms with Crippen molar-refractivity contribution in [3.8, 4) is 0 Å². The number of nitrogens with one attached hydrogen (secondary N) is 1. The van der Waals surface area contributed by atoms with Crippen LogP contribution < -0.4 is 22.1 Å². The molecule has 1 aliphatic rings.